The molecule has 2 nitrogen and oxygen atoms in total. The van der Waals surface area contributed by atoms with E-state index in [1.807, 2.05) is 0 Å². The monoisotopic (exact) mass is 310 g/mol. The smallest absolute Gasteiger partial charge is 0.102 e. The summed E-state index contributed by atoms with van der Waals surface area (Å²) >= 11 is 0. The molecule has 2 aliphatic rings. The Balaban J connectivity index is 2.56. The minimum atomic E-state index is 0.224. The normalized spacial score (nSPS) is 39.8. The van der Waals surface area contributed by atoms with Crippen LogP contribution in [0.3, 0.4) is 0 Å². The molecular weight excluding hydrogens is 272 g/mol. The fraction of sp³-hybridized carbons (Fsp3) is 1.00. The van der Waals surface area contributed by atoms with Crippen molar-refractivity contribution in [3.63, 3.8) is 0 Å². The molecule has 130 valence electrons. The van der Waals surface area contributed by atoms with Crippen LogP contribution in [0.2, 0.25) is 0 Å². The Labute approximate surface area is 138 Å². The summed E-state index contributed by atoms with van der Waals surface area (Å²) < 4.78 is 0. The second kappa shape index (κ2) is 5.77. The van der Waals surface area contributed by atoms with Crippen LogP contribution in [0.15, 0.2) is 0 Å². The van der Waals surface area contributed by atoms with Gasteiger partial charge in [0, 0.05) is 5.92 Å². The van der Waals surface area contributed by atoms with E-state index in [-0.39, 0.29) is 23.0 Å². The Hall–Kier alpha value is -0.0800. The summed E-state index contributed by atoms with van der Waals surface area (Å²) in [4.78, 5) is 12.0. The molecule has 0 radical (unpaired) electrons. The van der Waals surface area contributed by atoms with Crippen molar-refractivity contribution in [1.82, 2.24) is 0 Å². The van der Waals surface area contributed by atoms with Crippen LogP contribution in [-0.2, 0) is 9.78 Å². The maximum Gasteiger partial charge on any atom is 0.102 e. The Morgan fingerprint density at radius 1 is 0.591 bits per heavy atom. The predicted molar refractivity (Wildman–Crippen MR) is 92.3 cm³/mol. The first-order chi connectivity index (χ1) is 9.87. The first-order valence-corrected chi connectivity index (χ1v) is 9.19. The van der Waals surface area contributed by atoms with Gasteiger partial charge in [-0.2, -0.15) is 0 Å². The van der Waals surface area contributed by atoms with Gasteiger partial charge in [0.2, 0.25) is 0 Å². The lowest BCUT2D eigenvalue weighted by Gasteiger charge is -2.55. The van der Waals surface area contributed by atoms with Crippen LogP contribution < -0.4 is 0 Å². The zero-order valence-corrected chi connectivity index (χ0v) is 16.4. The first kappa shape index (κ1) is 18.3. The summed E-state index contributed by atoms with van der Waals surface area (Å²) in [6.45, 7) is 23.7. The van der Waals surface area contributed by atoms with Gasteiger partial charge in [-0.1, -0.05) is 69.2 Å². The zero-order valence-electron chi connectivity index (χ0n) is 16.4. The quantitative estimate of drug-likeness (QED) is 0.621. The van der Waals surface area contributed by atoms with E-state index in [0.717, 1.165) is 0 Å². The van der Waals surface area contributed by atoms with E-state index < -0.39 is 0 Å². The summed E-state index contributed by atoms with van der Waals surface area (Å²) in [5.74, 6) is 3.46. The van der Waals surface area contributed by atoms with Crippen molar-refractivity contribution in [3.8, 4) is 0 Å². The topological polar surface area (TPSA) is 18.5 Å². The summed E-state index contributed by atoms with van der Waals surface area (Å²) in [5, 5.41) is 0. The molecule has 2 bridgehead atoms. The lowest BCUT2D eigenvalue weighted by molar-refractivity contribution is -0.302. The second-order valence-electron chi connectivity index (χ2n) is 10.5. The molecule has 22 heavy (non-hydrogen) atoms. The van der Waals surface area contributed by atoms with E-state index in [0.29, 0.717) is 35.5 Å². The van der Waals surface area contributed by atoms with E-state index in [1.54, 1.807) is 0 Å². The SMILES string of the molecule is CC(C)C1C2OOC1C(C(C)(C)C)C(C(C)(C)C)C2C(C)C. The van der Waals surface area contributed by atoms with Crippen LogP contribution in [0.5, 0.6) is 0 Å². The average molecular weight is 311 g/mol. The molecule has 1 heterocycles. The highest BCUT2D eigenvalue weighted by molar-refractivity contribution is 5.07. The molecular formula is C20H38O2. The molecule has 0 N–H and O–H groups in total. The van der Waals surface area contributed by atoms with Crippen molar-refractivity contribution in [3.05, 3.63) is 0 Å². The van der Waals surface area contributed by atoms with Crippen LogP contribution in [0.1, 0.15) is 69.2 Å². The maximum atomic E-state index is 6.00. The van der Waals surface area contributed by atoms with Gasteiger partial charge in [-0.3, -0.25) is 0 Å². The molecule has 0 aromatic heterocycles. The van der Waals surface area contributed by atoms with Crippen LogP contribution in [-0.4, -0.2) is 12.2 Å². The Bertz CT molecular complexity index is 385. The van der Waals surface area contributed by atoms with Crippen molar-refractivity contribution in [2.75, 3.05) is 0 Å². The number of fused-ring (bicyclic) bond motifs is 2. The van der Waals surface area contributed by atoms with Gasteiger partial charge in [0.25, 0.3) is 0 Å². The first-order valence-electron chi connectivity index (χ1n) is 9.19. The van der Waals surface area contributed by atoms with Crippen LogP contribution in [0.4, 0.5) is 0 Å². The minimum absolute atomic E-state index is 0.224. The van der Waals surface area contributed by atoms with Crippen molar-refractivity contribution in [2.24, 2.45) is 46.3 Å². The highest BCUT2D eigenvalue weighted by Gasteiger charge is 2.62. The third-order valence-electron chi connectivity index (χ3n) is 6.11. The molecule has 0 aromatic rings. The molecule has 1 aliphatic heterocycles. The van der Waals surface area contributed by atoms with Gasteiger partial charge < -0.3 is 0 Å². The largest absolute Gasteiger partial charge is 0.232 e. The number of hydrogen-bond donors (Lipinski definition) is 0. The van der Waals surface area contributed by atoms with Gasteiger partial charge >= 0.3 is 0 Å². The van der Waals surface area contributed by atoms with Crippen molar-refractivity contribution >= 4 is 0 Å². The maximum absolute atomic E-state index is 6.00. The summed E-state index contributed by atoms with van der Waals surface area (Å²) in [5.41, 5.74) is 0.490. The van der Waals surface area contributed by atoms with Gasteiger partial charge in [0.05, 0.1) is 0 Å². The molecule has 6 unspecified atom stereocenters. The summed E-state index contributed by atoms with van der Waals surface area (Å²) in [6.07, 6.45) is 0.497. The minimum Gasteiger partial charge on any atom is -0.232 e. The third kappa shape index (κ3) is 2.98. The summed E-state index contributed by atoms with van der Waals surface area (Å²) in [7, 11) is 0. The van der Waals surface area contributed by atoms with E-state index in [9.17, 15) is 0 Å². The lowest BCUT2D eigenvalue weighted by atomic mass is 9.49. The van der Waals surface area contributed by atoms with Crippen molar-refractivity contribution in [1.29, 1.82) is 0 Å². The van der Waals surface area contributed by atoms with Gasteiger partial charge in [-0.15, -0.1) is 0 Å². The molecule has 6 atom stereocenters. The van der Waals surface area contributed by atoms with Crippen LogP contribution in [0, 0.1) is 46.3 Å². The molecule has 2 fully saturated rings. The zero-order chi connectivity index (χ0) is 17.0. The number of rotatable bonds is 2. The van der Waals surface area contributed by atoms with Crippen molar-refractivity contribution in [2.45, 2.75) is 81.4 Å². The van der Waals surface area contributed by atoms with Gasteiger partial charge in [-0.05, 0) is 40.4 Å². The van der Waals surface area contributed by atoms with E-state index in [1.165, 1.54) is 0 Å². The fourth-order valence-corrected chi connectivity index (χ4v) is 5.41. The summed E-state index contributed by atoms with van der Waals surface area (Å²) in [6, 6.07) is 0. The van der Waals surface area contributed by atoms with Gasteiger partial charge in [-0.25, -0.2) is 9.78 Å². The standard InChI is InChI=1S/C20H38O2/c1-11(2)13-15(19(5,6)7)16(20(8,9)10)18-14(12(3)4)17(13)21-22-18/h11-18H,1-10H3. The Morgan fingerprint density at radius 3 is 1.36 bits per heavy atom. The average Bonchev–Trinajstić information content (AvgIpc) is 2.61. The molecule has 2 rings (SSSR count). The third-order valence-corrected chi connectivity index (χ3v) is 6.11. The molecule has 0 aromatic carbocycles. The molecule has 1 saturated carbocycles. The lowest BCUT2D eigenvalue weighted by Crippen LogP contribution is -2.57. The molecule has 1 aliphatic carbocycles. The fourth-order valence-electron chi connectivity index (χ4n) is 5.41. The van der Waals surface area contributed by atoms with E-state index in [4.69, 9.17) is 9.78 Å². The van der Waals surface area contributed by atoms with Gasteiger partial charge in [0.1, 0.15) is 12.2 Å². The second-order valence-corrected chi connectivity index (χ2v) is 10.5. The highest BCUT2D eigenvalue weighted by Crippen LogP contribution is 2.60. The van der Waals surface area contributed by atoms with Crippen LogP contribution in [0.25, 0.3) is 0 Å². The predicted octanol–water partition coefficient (Wildman–Crippen LogP) is 5.57. The Kier molecular flexibility index (Phi) is 4.79. The van der Waals surface area contributed by atoms with E-state index >= 15 is 0 Å². The molecule has 0 spiro atoms. The van der Waals surface area contributed by atoms with Crippen molar-refractivity contribution < 1.29 is 9.78 Å². The number of hydrogen-bond acceptors (Lipinski definition) is 2. The van der Waals surface area contributed by atoms with E-state index in [2.05, 4.69) is 69.2 Å². The molecule has 1 saturated heterocycles. The molecule has 0 amide bonds. The Morgan fingerprint density at radius 2 is 1.00 bits per heavy atom. The highest BCUT2D eigenvalue weighted by atomic mass is 17.2. The van der Waals surface area contributed by atoms with Gasteiger partial charge in [0.15, 0.2) is 0 Å². The van der Waals surface area contributed by atoms with Crippen LogP contribution >= 0.6 is 0 Å². The molecule has 2 heteroatoms.